The maximum absolute atomic E-state index is 12.5. The van der Waals surface area contributed by atoms with Gasteiger partial charge in [-0.3, -0.25) is 4.79 Å². The van der Waals surface area contributed by atoms with Crippen molar-refractivity contribution in [1.29, 1.82) is 0 Å². The number of amides is 1. The third-order valence-corrected chi connectivity index (χ3v) is 4.61. The molecule has 4 N–H and O–H groups in total. The SMILES string of the molecule is CC1(NC(=O)C2(C(N)=NO)CCCC2)CCCC1. The Morgan fingerprint density at radius 2 is 1.67 bits per heavy atom. The molecule has 0 aliphatic heterocycles. The standard InChI is InChI=1S/C13H23N3O2/c1-12(6-2-3-7-12)15-11(17)13(10(14)16-18)8-4-5-9-13/h18H,2-9H2,1H3,(H2,14,16)(H,15,17). The Balaban J connectivity index is 2.14. The second kappa shape index (κ2) is 4.78. The second-order valence-electron chi connectivity index (χ2n) is 6.00. The number of oxime groups is 1. The van der Waals surface area contributed by atoms with E-state index in [1.807, 2.05) is 0 Å². The van der Waals surface area contributed by atoms with Crippen molar-refractivity contribution in [2.75, 3.05) is 0 Å². The first-order chi connectivity index (χ1) is 8.52. The third-order valence-electron chi connectivity index (χ3n) is 4.61. The summed E-state index contributed by atoms with van der Waals surface area (Å²) in [4.78, 5) is 12.5. The van der Waals surface area contributed by atoms with Crippen molar-refractivity contribution in [3.8, 4) is 0 Å². The Hall–Kier alpha value is -1.26. The summed E-state index contributed by atoms with van der Waals surface area (Å²) in [7, 11) is 0. The van der Waals surface area contributed by atoms with Gasteiger partial charge in [0, 0.05) is 5.54 Å². The van der Waals surface area contributed by atoms with Crippen LogP contribution in [0, 0.1) is 5.41 Å². The largest absolute Gasteiger partial charge is 0.409 e. The maximum atomic E-state index is 12.5. The van der Waals surface area contributed by atoms with Gasteiger partial charge in [0.2, 0.25) is 5.91 Å². The summed E-state index contributed by atoms with van der Waals surface area (Å²) in [6.07, 6.45) is 7.65. The molecule has 2 aliphatic carbocycles. The number of hydrogen-bond acceptors (Lipinski definition) is 3. The summed E-state index contributed by atoms with van der Waals surface area (Å²) >= 11 is 0. The van der Waals surface area contributed by atoms with Crippen LogP contribution in [0.15, 0.2) is 5.16 Å². The monoisotopic (exact) mass is 253 g/mol. The van der Waals surface area contributed by atoms with Gasteiger partial charge in [0.25, 0.3) is 0 Å². The van der Waals surface area contributed by atoms with Gasteiger partial charge in [0.15, 0.2) is 5.84 Å². The van der Waals surface area contributed by atoms with Crippen LogP contribution in [0.2, 0.25) is 0 Å². The average Bonchev–Trinajstić information content (AvgIpc) is 2.97. The number of hydrogen-bond donors (Lipinski definition) is 3. The van der Waals surface area contributed by atoms with Crippen LogP contribution >= 0.6 is 0 Å². The van der Waals surface area contributed by atoms with Crippen LogP contribution in [0.5, 0.6) is 0 Å². The Bertz CT molecular complexity index is 353. The van der Waals surface area contributed by atoms with Crippen molar-refractivity contribution >= 4 is 11.7 Å². The highest BCUT2D eigenvalue weighted by Gasteiger charge is 2.47. The van der Waals surface area contributed by atoms with Gasteiger partial charge in [-0.15, -0.1) is 0 Å². The third kappa shape index (κ3) is 2.18. The molecule has 5 nitrogen and oxygen atoms in total. The lowest BCUT2D eigenvalue weighted by atomic mass is 9.82. The fourth-order valence-electron chi connectivity index (χ4n) is 3.35. The van der Waals surface area contributed by atoms with E-state index in [9.17, 15) is 4.79 Å². The van der Waals surface area contributed by atoms with Crippen LogP contribution in [0.3, 0.4) is 0 Å². The molecule has 2 aliphatic rings. The first-order valence-corrected chi connectivity index (χ1v) is 6.83. The fraction of sp³-hybridized carbons (Fsp3) is 0.846. The van der Waals surface area contributed by atoms with Gasteiger partial charge in [-0.2, -0.15) is 0 Å². The smallest absolute Gasteiger partial charge is 0.234 e. The number of nitrogens with zero attached hydrogens (tertiary/aromatic N) is 1. The predicted octanol–water partition coefficient (Wildman–Crippen LogP) is 1.74. The molecule has 0 bridgehead atoms. The van der Waals surface area contributed by atoms with Crippen molar-refractivity contribution in [1.82, 2.24) is 5.32 Å². The van der Waals surface area contributed by atoms with Crippen molar-refractivity contribution in [2.45, 2.75) is 63.8 Å². The molecule has 0 heterocycles. The highest BCUT2D eigenvalue weighted by Crippen LogP contribution is 2.40. The Morgan fingerprint density at radius 1 is 1.17 bits per heavy atom. The van der Waals surface area contributed by atoms with Gasteiger partial charge >= 0.3 is 0 Å². The predicted molar refractivity (Wildman–Crippen MR) is 69.3 cm³/mol. The zero-order valence-electron chi connectivity index (χ0n) is 11.0. The molecule has 1 amide bonds. The number of amidine groups is 1. The molecule has 102 valence electrons. The van der Waals surface area contributed by atoms with E-state index in [1.54, 1.807) is 0 Å². The van der Waals surface area contributed by atoms with E-state index in [0.29, 0.717) is 12.8 Å². The van der Waals surface area contributed by atoms with Gasteiger partial charge in [-0.25, -0.2) is 0 Å². The molecule has 0 aromatic rings. The van der Waals surface area contributed by atoms with Gasteiger partial charge in [-0.05, 0) is 32.6 Å². The lowest BCUT2D eigenvalue weighted by Gasteiger charge is -2.33. The quantitative estimate of drug-likeness (QED) is 0.310. The molecule has 0 atom stereocenters. The lowest BCUT2D eigenvalue weighted by Crippen LogP contribution is -2.54. The first kappa shape index (κ1) is 13.2. The summed E-state index contributed by atoms with van der Waals surface area (Å²) < 4.78 is 0. The number of carbonyl (C=O) groups excluding carboxylic acids is 1. The van der Waals surface area contributed by atoms with Gasteiger partial charge in [0.05, 0.1) is 0 Å². The minimum Gasteiger partial charge on any atom is -0.409 e. The van der Waals surface area contributed by atoms with Crippen LogP contribution in [0.25, 0.3) is 0 Å². The molecule has 18 heavy (non-hydrogen) atoms. The topological polar surface area (TPSA) is 87.7 Å². The second-order valence-corrected chi connectivity index (χ2v) is 6.00. The van der Waals surface area contributed by atoms with Gasteiger partial charge < -0.3 is 16.3 Å². The van der Waals surface area contributed by atoms with E-state index in [4.69, 9.17) is 10.9 Å². The number of rotatable bonds is 3. The van der Waals surface area contributed by atoms with E-state index in [0.717, 1.165) is 38.5 Å². The summed E-state index contributed by atoms with van der Waals surface area (Å²) in [6.45, 7) is 2.09. The van der Waals surface area contributed by atoms with E-state index in [2.05, 4.69) is 17.4 Å². The Labute approximate surface area is 108 Å². The van der Waals surface area contributed by atoms with Gasteiger partial charge in [0.1, 0.15) is 5.41 Å². The van der Waals surface area contributed by atoms with E-state index >= 15 is 0 Å². The van der Waals surface area contributed by atoms with Crippen LogP contribution in [-0.2, 0) is 4.79 Å². The Kier molecular flexibility index (Phi) is 3.50. The molecule has 0 aromatic carbocycles. The molecule has 0 radical (unpaired) electrons. The van der Waals surface area contributed by atoms with E-state index < -0.39 is 5.41 Å². The minimum absolute atomic E-state index is 0.0558. The number of carbonyl (C=O) groups is 1. The number of nitrogens with one attached hydrogen (secondary N) is 1. The summed E-state index contributed by atoms with van der Waals surface area (Å²) in [5.74, 6) is 0.0128. The average molecular weight is 253 g/mol. The normalized spacial score (nSPS) is 26.2. The van der Waals surface area contributed by atoms with E-state index in [1.165, 1.54) is 0 Å². The van der Waals surface area contributed by atoms with Crippen LogP contribution < -0.4 is 11.1 Å². The summed E-state index contributed by atoms with van der Waals surface area (Å²) in [5.41, 5.74) is 4.88. The molecule has 2 rings (SSSR count). The fourth-order valence-corrected chi connectivity index (χ4v) is 3.35. The molecular formula is C13H23N3O2. The highest BCUT2D eigenvalue weighted by atomic mass is 16.4. The van der Waals surface area contributed by atoms with Crippen molar-refractivity contribution < 1.29 is 10.0 Å². The van der Waals surface area contributed by atoms with Crippen LogP contribution in [0.1, 0.15) is 58.3 Å². The van der Waals surface area contributed by atoms with Crippen molar-refractivity contribution in [3.63, 3.8) is 0 Å². The zero-order chi connectivity index (χ0) is 13.2. The van der Waals surface area contributed by atoms with Gasteiger partial charge in [-0.1, -0.05) is 30.8 Å². The lowest BCUT2D eigenvalue weighted by molar-refractivity contribution is -0.129. The van der Waals surface area contributed by atoms with Crippen molar-refractivity contribution in [2.24, 2.45) is 16.3 Å². The summed E-state index contributed by atoms with van der Waals surface area (Å²) in [6, 6.07) is 0. The molecule has 0 aromatic heterocycles. The zero-order valence-corrected chi connectivity index (χ0v) is 11.0. The van der Waals surface area contributed by atoms with Crippen LogP contribution in [-0.4, -0.2) is 22.5 Å². The molecule has 0 spiro atoms. The van der Waals surface area contributed by atoms with Crippen LogP contribution in [0.4, 0.5) is 0 Å². The number of nitrogens with two attached hydrogens (primary N) is 1. The minimum atomic E-state index is -0.777. The Morgan fingerprint density at radius 3 is 2.17 bits per heavy atom. The summed E-state index contributed by atoms with van der Waals surface area (Å²) in [5, 5.41) is 15.2. The van der Waals surface area contributed by atoms with Crippen molar-refractivity contribution in [3.05, 3.63) is 0 Å². The molecule has 5 heteroatoms. The molecule has 2 saturated carbocycles. The molecular weight excluding hydrogens is 230 g/mol. The molecule has 0 unspecified atom stereocenters. The molecule has 0 saturated heterocycles. The molecule has 2 fully saturated rings. The maximum Gasteiger partial charge on any atom is 0.234 e. The highest BCUT2D eigenvalue weighted by molar-refractivity contribution is 6.07. The first-order valence-electron chi connectivity index (χ1n) is 6.83. The van der Waals surface area contributed by atoms with E-state index in [-0.39, 0.29) is 17.3 Å².